The Morgan fingerprint density at radius 2 is 2.42 bits per heavy atom. The molecule has 0 aromatic carbocycles. The number of nitrogens with zero attached hydrogens (tertiary/aromatic N) is 1. The van der Waals surface area contributed by atoms with Crippen molar-refractivity contribution in [3.63, 3.8) is 0 Å². The lowest BCUT2D eigenvalue weighted by atomic mass is 10.5. The summed E-state index contributed by atoms with van der Waals surface area (Å²) in [4.78, 5) is 14.9. The third-order valence-electron chi connectivity index (χ3n) is 1.14. The number of ether oxygens (including phenoxy) is 2. The standard InChI is InChI=1S/C7H9NO3S/c1-3-11-4-5-6(9)12-7(8-5)10-2/h4H,3H2,1-2H3/b5-4+. The molecule has 66 valence electrons. The molecule has 0 aromatic heterocycles. The molecule has 0 atom stereocenters. The van der Waals surface area contributed by atoms with Gasteiger partial charge in [0.1, 0.15) is 6.26 Å². The predicted molar refractivity (Wildman–Crippen MR) is 46.8 cm³/mol. The first-order valence-corrected chi connectivity index (χ1v) is 4.26. The van der Waals surface area contributed by atoms with Gasteiger partial charge in [-0.05, 0) is 6.92 Å². The van der Waals surface area contributed by atoms with Crippen LogP contribution in [0.25, 0.3) is 0 Å². The van der Waals surface area contributed by atoms with Crippen LogP contribution in [0.15, 0.2) is 17.0 Å². The van der Waals surface area contributed by atoms with E-state index in [-0.39, 0.29) is 5.12 Å². The van der Waals surface area contributed by atoms with Crippen LogP contribution in [0.1, 0.15) is 6.92 Å². The lowest BCUT2D eigenvalue weighted by molar-refractivity contribution is -0.107. The Kier molecular flexibility index (Phi) is 3.16. The molecule has 1 rings (SSSR count). The maximum atomic E-state index is 11.1. The molecular weight excluding hydrogens is 178 g/mol. The van der Waals surface area contributed by atoms with Crippen LogP contribution in [-0.2, 0) is 14.3 Å². The van der Waals surface area contributed by atoms with E-state index in [0.717, 1.165) is 11.8 Å². The average molecular weight is 187 g/mol. The average Bonchev–Trinajstić information content (AvgIpc) is 2.43. The van der Waals surface area contributed by atoms with Crippen LogP contribution in [0.5, 0.6) is 0 Å². The number of thioether (sulfide) groups is 1. The second kappa shape index (κ2) is 4.15. The zero-order chi connectivity index (χ0) is 8.97. The topological polar surface area (TPSA) is 47.9 Å². The van der Waals surface area contributed by atoms with Gasteiger partial charge in [0.05, 0.1) is 13.7 Å². The van der Waals surface area contributed by atoms with Gasteiger partial charge in [0.2, 0.25) is 5.12 Å². The summed E-state index contributed by atoms with van der Waals surface area (Å²) in [6.07, 6.45) is 1.35. The van der Waals surface area contributed by atoms with Crippen LogP contribution in [0.2, 0.25) is 0 Å². The molecule has 0 saturated heterocycles. The second-order valence-electron chi connectivity index (χ2n) is 1.93. The van der Waals surface area contributed by atoms with Gasteiger partial charge in [-0.2, -0.15) is 4.99 Å². The van der Waals surface area contributed by atoms with E-state index in [1.165, 1.54) is 13.4 Å². The predicted octanol–water partition coefficient (Wildman–Crippen LogP) is 1.14. The van der Waals surface area contributed by atoms with E-state index in [9.17, 15) is 4.79 Å². The Balaban J connectivity index is 2.65. The molecule has 1 aliphatic rings. The smallest absolute Gasteiger partial charge is 0.259 e. The van der Waals surface area contributed by atoms with Crippen molar-refractivity contribution in [3.8, 4) is 0 Å². The van der Waals surface area contributed by atoms with Gasteiger partial charge in [-0.1, -0.05) is 0 Å². The quantitative estimate of drug-likeness (QED) is 0.480. The van der Waals surface area contributed by atoms with E-state index >= 15 is 0 Å². The fraction of sp³-hybridized carbons (Fsp3) is 0.429. The number of carbonyl (C=O) groups is 1. The van der Waals surface area contributed by atoms with Gasteiger partial charge in [-0.3, -0.25) is 4.79 Å². The van der Waals surface area contributed by atoms with E-state index in [1.807, 2.05) is 6.92 Å². The van der Waals surface area contributed by atoms with Crippen molar-refractivity contribution in [2.45, 2.75) is 6.92 Å². The lowest BCUT2D eigenvalue weighted by Gasteiger charge is -1.92. The molecular formula is C7H9NO3S. The Morgan fingerprint density at radius 1 is 1.67 bits per heavy atom. The second-order valence-corrected chi connectivity index (χ2v) is 2.85. The molecule has 0 aliphatic carbocycles. The monoisotopic (exact) mass is 187 g/mol. The zero-order valence-corrected chi connectivity index (χ0v) is 7.68. The summed E-state index contributed by atoms with van der Waals surface area (Å²) in [7, 11) is 1.47. The number of hydrogen-bond acceptors (Lipinski definition) is 5. The van der Waals surface area contributed by atoms with Crippen molar-refractivity contribution in [1.29, 1.82) is 0 Å². The number of hydrogen-bond donors (Lipinski definition) is 0. The van der Waals surface area contributed by atoms with Crippen LogP contribution >= 0.6 is 11.8 Å². The van der Waals surface area contributed by atoms with Gasteiger partial charge in [-0.15, -0.1) is 0 Å². The largest absolute Gasteiger partial charge is 0.499 e. The number of aliphatic imine (C=N–C) groups is 1. The summed E-state index contributed by atoms with van der Waals surface area (Å²) in [6, 6.07) is 0. The first-order chi connectivity index (χ1) is 5.77. The van der Waals surface area contributed by atoms with Gasteiger partial charge < -0.3 is 9.47 Å². The highest BCUT2D eigenvalue weighted by molar-refractivity contribution is 8.26. The Labute approximate surface area is 74.6 Å². The summed E-state index contributed by atoms with van der Waals surface area (Å²) in [5.74, 6) is 0. The van der Waals surface area contributed by atoms with Crippen LogP contribution in [0.4, 0.5) is 0 Å². The first-order valence-electron chi connectivity index (χ1n) is 3.44. The molecule has 0 unspecified atom stereocenters. The number of methoxy groups -OCH3 is 1. The van der Waals surface area contributed by atoms with Gasteiger partial charge >= 0.3 is 0 Å². The van der Waals surface area contributed by atoms with Gasteiger partial charge in [0.25, 0.3) is 5.23 Å². The van der Waals surface area contributed by atoms with Crippen LogP contribution in [-0.4, -0.2) is 24.1 Å². The van der Waals surface area contributed by atoms with Crippen molar-refractivity contribution in [3.05, 3.63) is 12.0 Å². The van der Waals surface area contributed by atoms with E-state index in [2.05, 4.69) is 4.99 Å². The van der Waals surface area contributed by atoms with E-state index in [1.54, 1.807) is 0 Å². The highest BCUT2D eigenvalue weighted by Gasteiger charge is 2.22. The Bertz CT molecular complexity index is 247. The molecule has 0 radical (unpaired) electrons. The van der Waals surface area contributed by atoms with Crippen molar-refractivity contribution < 1.29 is 14.3 Å². The SMILES string of the molecule is CCO/C=C1/N=C(OC)SC1=O. The van der Waals surface area contributed by atoms with Crippen LogP contribution in [0, 0.1) is 0 Å². The fourth-order valence-electron chi connectivity index (χ4n) is 0.622. The third kappa shape index (κ3) is 2.01. The Morgan fingerprint density at radius 3 is 2.92 bits per heavy atom. The normalized spacial score (nSPS) is 19.7. The van der Waals surface area contributed by atoms with Crippen molar-refractivity contribution in [2.24, 2.45) is 4.99 Å². The third-order valence-corrected chi connectivity index (χ3v) is 1.96. The van der Waals surface area contributed by atoms with Gasteiger partial charge in [0, 0.05) is 11.8 Å². The maximum Gasteiger partial charge on any atom is 0.259 e. The molecule has 0 fully saturated rings. The van der Waals surface area contributed by atoms with Crippen molar-refractivity contribution in [1.82, 2.24) is 0 Å². The summed E-state index contributed by atoms with van der Waals surface area (Å²) < 4.78 is 9.71. The fourth-order valence-corrected chi connectivity index (χ4v) is 1.21. The van der Waals surface area contributed by atoms with E-state index < -0.39 is 0 Å². The summed E-state index contributed by atoms with van der Waals surface area (Å²) >= 11 is 0.965. The molecule has 0 amide bonds. The summed E-state index contributed by atoms with van der Waals surface area (Å²) in [5, 5.41) is 0.228. The minimum atomic E-state index is -0.139. The van der Waals surface area contributed by atoms with Crippen molar-refractivity contribution in [2.75, 3.05) is 13.7 Å². The molecule has 1 aliphatic heterocycles. The van der Waals surface area contributed by atoms with Gasteiger partial charge in [-0.25, -0.2) is 0 Å². The minimum absolute atomic E-state index is 0.139. The highest BCUT2D eigenvalue weighted by Crippen LogP contribution is 2.23. The summed E-state index contributed by atoms with van der Waals surface area (Å²) in [6.45, 7) is 2.36. The number of carbonyl (C=O) groups excluding carboxylic acids is 1. The van der Waals surface area contributed by atoms with Crippen LogP contribution < -0.4 is 0 Å². The maximum absolute atomic E-state index is 11.1. The first kappa shape index (κ1) is 9.12. The lowest BCUT2D eigenvalue weighted by Crippen LogP contribution is -1.91. The molecule has 0 spiro atoms. The minimum Gasteiger partial charge on any atom is -0.499 e. The molecule has 1 heterocycles. The van der Waals surface area contributed by atoms with Crippen LogP contribution in [0.3, 0.4) is 0 Å². The molecule has 4 nitrogen and oxygen atoms in total. The van der Waals surface area contributed by atoms with E-state index in [4.69, 9.17) is 9.47 Å². The molecule has 5 heteroatoms. The van der Waals surface area contributed by atoms with Gasteiger partial charge in [0.15, 0.2) is 5.70 Å². The van der Waals surface area contributed by atoms with Crippen molar-refractivity contribution >= 4 is 22.1 Å². The Hall–Kier alpha value is -0.970. The zero-order valence-electron chi connectivity index (χ0n) is 6.86. The molecule has 0 aromatic rings. The van der Waals surface area contributed by atoms with E-state index in [0.29, 0.717) is 17.5 Å². The molecule has 0 saturated carbocycles. The molecule has 12 heavy (non-hydrogen) atoms. The number of rotatable bonds is 2. The highest BCUT2D eigenvalue weighted by atomic mass is 32.2. The summed E-state index contributed by atoms with van der Waals surface area (Å²) in [5.41, 5.74) is 0.304. The molecule has 0 N–H and O–H groups in total. The molecule has 0 bridgehead atoms.